The second-order valence-corrected chi connectivity index (χ2v) is 4.80. The van der Waals surface area contributed by atoms with Crippen LogP contribution in [0.2, 0.25) is 0 Å². The third-order valence-corrected chi connectivity index (χ3v) is 2.82. The van der Waals surface area contributed by atoms with Gasteiger partial charge in [0.15, 0.2) is 0 Å². The van der Waals surface area contributed by atoms with Crippen LogP contribution in [0.25, 0.3) is 0 Å². The van der Waals surface area contributed by atoms with Crippen molar-refractivity contribution in [3.63, 3.8) is 0 Å². The predicted molar refractivity (Wildman–Crippen MR) is 75.0 cm³/mol. The number of para-hydroxylation sites is 2. The van der Waals surface area contributed by atoms with Crippen LogP contribution in [0.5, 0.6) is 0 Å². The second-order valence-electron chi connectivity index (χ2n) is 4.80. The second kappa shape index (κ2) is 6.28. The summed E-state index contributed by atoms with van der Waals surface area (Å²) >= 11 is 0. The lowest BCUT2D eigenvalue weighted by Crippen LogP contribution is -2.35. The van der Waals surface area contributed by atoms with Crippen LogP contribution in [0.1, 0.15) is 13.8 Å². The van der Waals surface area contributed by atoms with Crippen LogP contribution in [0.3, 0.4) is 0 Å². The number of rotatable bonds is 5. The van der Waals surface area contributed by atoms with Gasteiger partial charge in [-0.1, -0.05) is 26.0 Å². The van der Waals surface area contributed by atoms with Gasteiger partial charge in [0.05, 0.1) is 18.5 Å². The number of benzene rings is 1. The van der Waals surface area contributed by atoms with E-state index < -0.39 is 0 Å². The zero-order valence-corrected chi connectivity index (χ0v) is 11.7. The molecular weight excluding hydrogens is 228 g/mol. The summed E-state index contributed by atoms with van der Waals surface area (Å²) < 4.78 is 4.83. The normalized spacial score (nSPS) is 12.1. The Morgan fingerprint density at radius 3 is 2.39 bits per heavy atom. The number of hydrogen-bond donors (Lipinski definition) is 1. The number of nitrogens with zero attached hydrogens (tertiary/aromatic N) is 1. The van der Waals surface area contributed by atoms with Gasteiger partial charge in [-0.05, 0) is 18.1 Å². The Labute approximate surface area is 109 Å². The molecule has 4 heteroatoms. The first-order valence-electron chi connectivity index (χ1n) is 6.08. The van der Waals surface area contributed by atoms with Crippen molar-refractivity contribution in [3.05, 3.63) is 24.3 Å². The average Bonchev–Trinajstić information content (AvgIpc) is 2.34. The molecule has 0 amide bonds. The molecule has 1 N–H and O–H groups in total. The maximum absolute atomic E-state index is 11.7. The van der Waals surface area contributed by atoms with E-state index in [9.17, 15) is 4.79 Å². The summed E-state index contributed by atoms with van der Waals surface area (Å²) in [6, 6.07) is 7.56. The number of carbonyl (C=O) groups excluding carboxylic acids is 1. The maximum atomic E-state index is 11.7. The summed E-state index contributed by atoms with van der Waals surface area (Å²) in [7, 11) is 5.36. The SMILES string of the molecule is COC(=O)C(Nc1ccccc1N(C)C)C(C)C. The molecule has 4 nitrogen and oxygen atoms in total. The molecule has 0 spiro atoms. The first kappa shape index (κ1) is 14.4. The molecule has 0 aliphatic heterocycles. The maximum Gasteiger partial charge on any atom is 0.328 e. The topological polar surface area (TPSA) is 41.6 Å². The highest BCUT2D eigenvalue weighted by Gasteiger charge is 2.23. The number of nitrogens with one attached hydrogen (secondary N) is 1. The van der Waals surface area contributed by atoms with E-state index in [2.05, 4.69) is 5.32 Å². The molecule has 0 saturated carbocycles. The van der Waals surface area contributed by atoms with Crippen LogP contribution >= 0.6 is 0 Å². The molecule has 0 aromatic heterocycles. The van der Waals surface area contributed by atoms with Crippen molar-refractivity contribution < 1.29 is 9.53 Å². The molecule has 1 unspecified atom stereocenters. The Hall–Kier alpha value is -1.71. The van der Waals surface area contributed by atoms with Crippen molar-refractivity contribution in [3.8, 4) is 0 Å². The molecule has 1 aromatic carbocycles. The predicted octanol–water partition coefficient (Wildman–Crippen LogP) is 2.36. The molecule has 0 aliphatic carbocycles. The summed E-state index contributed by atoms with van der Waals surface area (Å²) in [5, 5.41) is 3.26. The van der Waals surface area contributed by atoms with Gasteiger partial charge in [-0.2, -0.15) is 0 Å². The lowest BCUT2D eigenvalue weighted by atomic mass is 10.0. The van der Waals surface area contributed by atoms with Gasteiger partial charge in [-0.15, -0.1) is 0 Å². The largest absolute Gasteiger partial charge is 0.467 e. The molecule has 0 bridgehead atoms. The molecular formula is C14H22N2O2. The van der Waals surface area contributed by atoms with Crippen molar-refractivity contribution in [2.45, 2.75) is 19.9 Å². The van der Waals surface area contributed by atoms with Crippen molar-refractivity contribution in [2.24, 2.45) is 5.92 Å². The van der Waals surface area contributed by atoms with E-state index in [1.165, 1.54) is 7.11 Å². The highest BCUT2D eigenvalue weighted by Crippen LogP contribution is 2.25. The fraction of sp³-hybridized carbons (Fsp3) is 0.500. The van der Waals surface area contributed by atoms with E-state index in [1.54, 1.807) is 0 Å². The minimum Gasteiger partial charge on any atom is -0.467 e. The van der Waals surface area contributed by atoms with Gasteiger partial charge < -0.3 is 15.0 Å². The third-order valence-electron chi connectivity index (χ3n) is 2.82. The van der Waals surface area contributed by atoms with Gasteiger partial charge in [0, 0.05) is 14.1 Å². The van der Waals surface area contributed by atoms with E-state index in [4.69, 9.17) is 4.74 Å². The zero-order chi connectivity index (χ0) is 13.7. The van der Waals surface area contributed by atoms with Crippen LogP contribution in [0.15, 0.2) is 24.3 Å². The highest BCUT2D eigenvalue weighted by atomic mass is 16.5. The Morgan fingerprint density at radius 1 is 1.28 bits per heavy atom. The summed E-state index contributed by atoms with van der Waals surface area (Å²) in [4.78, 5) is 13.8. The molecule has 0 aliphatic rings. The lowest BCUT2D eigenvalue weighted by Gasteiger charge is -2.24. The number of methoxy groups -OCH3 is 1. The first-order chi connectivity index (χ1) is 8.47. The molecule has 100 valence electrons. The molecule has 0 fully saturated rings. The number of hydrogen-bond acceptors (Lipinski definition) is 4. The lowest BCUT2D eigenvalue weighted by molar-refractivity contribution is -0.142. The van der Waals surface area contributed by atoms with E-state index >= 15 is 0 Å². The monoisotopic (exact) mass is 250 g/mol. The Bertz CT molecular complexity index is 403. The number of carbonyl (C=O) groups is 1. The summed E-state index contributed by atoms with van der Waals surface area (Å²) in [5.41, 5.74) is 1.98. The Balaban J connectivity index is 2.97. The van der Waals surface area contributed by atoms with E-state index in [0.29, 0.717) is 0 Å². The zero-order valence-electron chi connectivity index (χ0n) is 11.7. The molecule has 0 heterocycles. The van der Waals surface area contributed by atoms with Crippen LogP contribution in [0.4, 0.5) is 11.4 Å². The van der Waals surface area contributed by atoms with Crippen molar-refractivity contribution in [1.29, 1.82) is 0 Å². The van der Waals surface area contributed by atoms with Crippen LogP contribution in [-0.2, 0) is 9.53 Å². The number of esters is 1. The van der Waals surface area contributed by atoms with Crippen LogP contribution in [-0.4, -0.2) is 33.2 Å². The van der Waals surface area contributed by atoms with Crippen LogP contribution in [0, 0.1) is 5.92 Å². The van der Waals surface area contributed by atoms with Gasteiger partial charge in [-0.25, -0.2) is 4.79 Å². The van der Waals surface area contributed by atoms with Gasteiger partial charge in [0.2, 0.25) is 0 Å². The summed E-state index contributed by atoms with van der Waals surface area (Å²) in [6.45, 7) is 3.99. The fourth-order valence-electron chi connectivity index (χ4n) is 1.78. The van der Waals surface area contributed by atoms with Crippen molar-refractivity contribution in [2.75, 3.05) is 31.4 Å². The number of anilines is 2. The van der Waals surface area contributed by atoms with E-state index in [0.717, 1.165) is 11.4 Å². The smallest absolute Gasteiger partial charge is 0.328 e. The molecule has 0 radical (unpaired) electrons. The van der Waals surface area contributed by atoms with Gasteiger partial charge in [-0.3, -0.25) is 0 Å². The highest BCUT2D eigenvalue weighted by molar-refractivity contribution is 5.82. The quantitative estimate of drug-likeness (QED) is 0.815. The molecule has 18 heavy (non-hydrogen) atoms. The Kier molecular flexibility index (Phi) is 5.01. The molecule has 0 saturated heterocycles. The van der Waals surface area contributed by atoms with Gasteiger partial charge in [0.1, 0.15) is 6.04 Å². The first-order valence-corrected chi connectivity index (χ1v) is 6.08. The number of ether oxygens (including phenoxy) is 1. The standard InChI is InChI=1S/C14H22N2O2/c1-10(2)13(14(17)18-5)15-11-8-6-7-9-12(11)16(3)4/h6-10,13,15H,1-5H3. The van der Waals surface area contributed by atoms with Crippen molar-refractivity contribution >= 4 is 17.3 Å². The van der Waals surface area contributed by atoms with Crippen molar-refractivity contribution in [1.82, 2.24) is 0 Å². The minimum atomic E-state index is -0.337. The van der Waals surface area contributed by atoms with Gasteiger partial charge in [0.25, 0.3) is 0 Å². The summed E-state index contributed by atoms with van der Waals surface area (Å²) in [5.74, 6) is -0.0776. The molecule has 1 aromatic rings. The van der Waals surface area contributed by atoms with Crippen LogP contribution < -0.4 is 10.2 Å². The van der Waals surface area contributed by atoms with E-state index in [-0.39, 0.29) is 17.9 Å². The fourth-order valence-corrected chi connectivity index (χ4v) is 1.78. The minimum absolute atomic E-state index is 0.160. The molecule has 1 rings (SSSR count). The van der Waals surface area contributed by atoms with Gasteiger partial charge >= 0.3 is 5.97 Å². The average molecular weight is 250 g/mol. The van der Waals surface area contributed by atoms with E-state index in [1.807, 2.05) is 57.1 Å². The summed E-state index contributed by atoms with van der Waals surface area (Å²) in [6.07, 6.45) is 0. The molecule has 1 atom stereocenters. The third kappa shape index (κ3) is 3.39. The Morgan fingerprint density at radius 2 is 1.89 bits per heavy atom.